The molecule has 0 fully saturated rings. The lowest BCUT2D eigenvalue weighted by molar-refractivity contribution is -0.120. The molecule has 0 atom stereocenters. The fourth-order valence-corrected chi connectivity index (χ4v) is 2.50. The Kier molecular flexibility index (Phi) is 6.21. The number of carbonyl (C=O) groups is 1. The van der Waals surface area contributed by atoms with Crippen molar-refractivity contribution in [2.45, 2.75) is 33.2 Å². The molecule has 0 bridgehead atoms. The minimum Gasteiger partial charge on any atom is -0.497 e. The van der Waals surface area contributed by atoms with Gasteiger partial charge in [-0.05, 0) is 41.2 Å². The van der Waals surface area contributed by atoms with Crippen molar-refractivity contribution in [2.75, 3.05) is 7.11 Å². The number of carbonyl (C=O) groups excluding carboxylic acids is 1. The first kappa shape index (κ1) is 17.1. The van der Waals surface area contributed by atoms with Gasteiger partial charge in [-0.1, -0.05) is 50.2 Å². The van der Waals surface area contributed by atoms with E-state index in [4.69, 9.17) is 4.74 Å². The smallest absolute Gasteiger partial charge is 0.224 e. The molecule has 0 heterocycles. The Morgan fingerprint density at radius 3 is 2.39 bits per heavy atom. The van der Waals surface area contributed by atoms with Gasteiger partial charge in [0.2, 0.25) is 5.91 Å². The molecule has 2 rings (SSSR count). The molecule has 0 radical (unpaired) electrons. The fourth-order valence-electron chi connectivity index (χ4n) is 2.50. The Labute approximate surface area is 138 Å². The third-order valence-electron chi connectivity index (χ3n) is 3.66. The number of benzene rings is 2. The lowest BCUT2D eigenvalue weighted by atomic mass is 10.0. The summed E-state index contributed by atoms with van der Waals surface area (Å²) in [6.45, 7) is 4.93. The second kappa shape index (κ2) is 8.37. The first-order valence-corrected chi connectivity index (χ1v) is 8.04. The van der Waals surface area contributed by atoms with Gasteiger partial charge in [0.15, 0.2) is 0 Å². The van der Waals surface area contributed by atoms with E-state index >= 15 is 0 Å². The van der Waals surface area contributed by atoms with E-state index in [1.807, 2.05) is 36.4 Å². The molecule has 2 aromatic carbocycles. The molecule has 0 aliphatic heterocycles. The van der Waals surface area contributed by atoms with Crippen LogP contribution < -0.4 is 10.1 Å². The number of methoxy groups -OCH3 is 1. The number of nitrogens with one attached hydrogen (secondary N) is 1. The Morgan fingerprint density at radius 1 is 1.04 bits per heavy atom. The molecule has 122 valence electrons. The predicted molar refractivity (Wildman–Crippen MR) is 93.5 cm³/mol. The molecule has 3 nitrogen and oxygen atoms in total. The number of ether oxygens (including phenoxy) is 1. The molecule has 23 heavy (non-hydrogen) atoms. The van der Waals surface area contributed by atoms with Crippen molar-refractivity contribution in [1.29, 1.82) is 0 Å². The first-order valence-electron chi connectivity index (χ1n) is 8.04. The topological polar surface area (TPSA) is 38.3 Å². The van der Waals surface area contributed by atoms with Gasteiger partial charge in [0, 0.05) is 6.54 Å². The zero-order chi connectivity index (χ0) is 16.7. The van der Waals surface area contributed by atoms with Gasteiger partial charge in [0.1, 0.15) is 5.75 Å². The number of amides is 1. The Balaban J connectivity index is 1.84. The van der Waals surface area contributed by atoms with Crippen molar-refractivity contribution >= 4 is 5.91 Å². The van der Waals surface area contributed by atoms with Crippen LogP contribution in [0.3, 0.4) is 0 Å². The van der Waals surface area contributed by atoms with E-state index in [0.29, 0.717) is 18.9 Å². The van der Waals surface area contributed by atoms with Gasteiger partial charge in [-0.15, -0.1) is 0 Å². The second-order valence-electron chi connectivity index (χ2n) is 6.22. The van der Waals surface area contributed by atoms with Crippen molar-refractivity contribution in [1.82, 2.24) is 5.32 Å². The zero-order valence-electron chi connectivity index (χ0n) is 14.1. The molecule has 0 saturated heterocycles. The van der Waals surface area contributed by atoms with Crippen molar-refractivity contribution in [3.8, 4) is 5.75 Å². The largest absolute Gasteiger partial charge is 0.497 e. The lowest BCUT2D eigenvalue weighted by Crippen LogP contribution is -2.24. The summed E-state index contributed by atoms with van der Waals surface area (Å²) in [6, 6.07) is 16.0. The van der Waals surface area contributed by atoms with Crippen LogP contribution in [0.25, 0.3) is 0 Å². The highest BCUT2D eigenvalue weighted by atomic mass is 16.5. The maximum atomic E-state index is 12.1. The van der Waals surface area contributed by atoms with Crippen LogP contribution in [-0.4, -0.2) is 13.0 Å². The van der Waals surface area contributed by atoms with Gasteiger partial charge in [0.25, 0.3) is 0 Å². The molecule has 1 amide bonds. The van der Waals surface area contributed by atoms with Gasteiger partial charge in [-0.2, -0.15) is 0 Å². The van der Waals surface area contributed by atoms with Gasteiger partial charge in [-0.3, -0.25) is 4.79 Å². The molecule has 3 heteroatoms. The molecule has 0 unspecified atom stereocenters. The Bertz CT molecular complexity index is 632. The molecule has 1 N–H and O–H groups in total. The predicted octanol–water partition coefficient (Wildman–Crippen LogP) is 3.75. The highest BCUT2D eigenvalue weighted by Gasteiger charge is 2.05. The van der Waals surface area contributed by atoms with Gasteiger partial charge >= 0.3 is 0 Å². The standard InChI is InChI=1S/C20H25NO2/c1-15(2)11-16-7-9-17(10-8-16)13-20(22)21-14-18-5-4-6-19(12-18)23-3/h4-10,12,15H,11,13-14H2,1-3H3,(H,21,22). The van der Waals surface area contributed by atoms with E-state index in [0.717, 1.165) is 23.3 Å². The Morgan fingerprint density at radius 2 is 1.74 bits per heavy atom. The van der Waals surface area contributed by atoms with Crippen molar-refractivity contribution < 1.29 is 9.53 Å². The van der Waals surface area contributed by atoms with Crippen LogP contribution >= 0.6 is 0 Å². The maximum Gasteiger partial charge on any atom is 0.224 e. The molecule has 0 aromatic heterocycles. The van der Waals surface area contributed by atoms with Crippen LogP contribution in [0.4, 0.5) is 0 Å². The lowest BCUT2D eigenvalue weighted by Gasteiger charge is -2.08. The summed E-state index contributed by atoms with van der Waals surface area (Å²) >= 11 is 0. The average molecular weight is 311 g/mol. The number of hydrogen-bond donors (Lipinski definition) is 1. The minimum absolute atomic E-state index is 0.0319. The van der Waals surface area contributed by atoms with Crippen LogP contribution in [-0.2, 0) is 24.2 Å². The summed E-state index contributed by atoms with van der Waals surface area (Å²) in [5, 5.41) is 2.95. The fraction of sp³-hybridized carbons (Fsp3) is 0.350. The summed E-state index contributed by atoms with van der Waals surface area (Å²) in [5.74, 6) is 1.48. The quantitative estimate of drug-likeness (QED) is 0.845. The molecular weight excluding hydrogens is 286 g/mol. The van der Waals surface area contributed by atoms with Crippen LogP contribution in [0.2, 0.25) is 0 Å². The Hall–Kier alpha value is -2.29. The number of hydrogen-bond acceptors (Lipinski definition) is 2. The summed E-state index contributed by atoms with van der Waals surface area (Å²) in [7, 11) is 1.64. The van der Waals surface area contributed by atoms with Gasteiger partial charge in [-0.25, -0.2) is 0 Å². The third kappa shape index (κ3) is 5.78. The molecule has 2 aromatic rings. The van der Waals surface area contributed by atoms with Crippen LogP contribution in [0, 0.1) is 5.92 Å². The minimum atomic E-state index is 0.0319. The first-order chi connectivity index (χ1) is 11.1. The summed E-state index contributed by atoms with van der Waals surface area (Å²) in [5.41, 5.74) is 3.39. The monoisotopic (exact) mass is 311 g/mol. The van der Waals surface area contributed by atoms with Gasteiger partial charge < -0.3 is 10.1 Å². The number of rotatable bonds is 7. The van der Waals surface area contributed by atoms with E-state index in [9.17, 15) is 4.79 Å². The molecule has 0 aliphatic rings. The summed E-state index contributed by atoms with van der Waals surface area (Å²) < 4.78 is 5.18. The van der Waals surface area contributed by atoms with Crippen LogP contribution in [0.15, 0.2) is 48.5 Å². The average Bonchev–Trinajstić information content (AvgIpc) is 2.54. The molecule has 0 aliphatic carbocycles. The maximum absolute atomic E-state index is 12.1. The van der Waals surface area contributed by atoms with Crippen LogP contribution in [0.5, 0.6) is 5.75 Å². The summed E-state index contributed by atoms with van der Waals surface area (Å²) in [4.78, 5) is 12.1. The van der Waals surface area contributed by atoms with Crippen molar-refractivity contribution in [3.05, 3.63) is 65.2 Å². The van der Waals surface area contributed by atoms with E-state index in [1.165, 1.54) is 5.56 Å². The zero-order valence-corrected chi connectivity index (χ0v) is 14.1. The molecule has 0 spiro atoms. The van der Waals surface area contributed by atoms with E-state index < -0.39 is 0 Å². The highest BCUT2D eigenvalue weighted by Crippen LogP contribution is 2.13. The molecular formula is C20H25NO2. The van der Waals surface area contributed by atoms with Crippen molar-refractivity contribution in [3.63, 3.8) is 0 Å². The van der Waals surface area contributed by atoms with Crippen LogP contribution in [0.1, 0.15) is 30.5 Å². The molecule has 0 saturated carbocycles. The normalized spacial score (nSPS) is 10.6. The highest BCUT2D eigenvalue weighted by molar-refractivity contribution is 5.78. The second-order valence-corrected chi connectivity index (χ2v) is 6.22. The van der Waals surface area contributed by atoms with E-state index in [1.54, 1.807) is 7.11 Å². The van der Waals surface area contributed by atoms with Crippen molar-refractivity contribution in [2.24, 2.45) is 5.92 Å². The SMILES string of the molecule is COc1cccc(CNC(=O)Cc2ccc(CC(C)C)cc2)c1. The third-order valence-corrected chi connectivity index (χ3v) is 3.66. The summed E-state index contributed by atoms with van der Waals surface area (Å²) in [6.07, 6.45) is 1.48. The van der Waals surface area contributed by atoms with E-state index in [2.05, 4.69) is 31.3 Å². The van der Waals surface area contributed by atoms with E-state index in [-0.39, 0.29) is 5.91 Å². The van der Waals surface area contributed by atoms with Gasteiger partial charge in [0.05, 0.1) is 13.5 Å².